The van der Waals surface area contributed by atoms with Crippen LogP contribution < -0.4 is 16.4 Å². The number of aromatic nitrogens is 13. The number of alkyl carbamates (subject to hydrolysis) is 2. The first kappa shape index (κ1) is 88.8. The number of nitrogens with two attached hydrogens (primary N) is 1. The molecule has 3 aliphatic carbocycles. The normalized spacial score (nSPS) is 13.1. The summed E-state index contributed by atoms with van der Waals surface area (Å²) in [6.45, 7) is 23.1. The molecule has 0 spiro atoms. The van der Waals surface area contributed by atoms with E-state index in [0.29, 0.717) is 53.5 Å². The molecule has 0 radical (unpaired) electrons. The highest BCUT2D eigenvalue weighted by Gasteiger charge is 2.33. The molecule has 4 aliphatic rings. The lowest BCUT2D eigenvalue weighted by molar-refractivity contribution is -0.0294. The monoisotopic (exact) mass is 1720 g/mol. The fourth-order valence-electron chi connectivity index (χ4n) is 8.36. The van der Waals surface area contributed by atoms with Crippen molar-refractivity contribution >= 4 is 97.2 Å². The quantitative estimate of drug-likeness (QED) is 0.0249. The van der Waals surface area contributed by atoms with Crippen molar-refractivity contribution in [2.24, 2.45) is 10.7 Å². The largest absolute Gasteiger partial charge is 0.519 e. The number of amides is 2. The van der Waals surface area contributed by atoms with Crippen molar-refractivity contribution in [3.63, 3.8) is 0 Å². The maximum Gasteiger partial charge on any atom is 0.519 e. The van der Waals surface area contributed by atoms with E-state index in [1.165, 1.54) is 49.2 Å². The van der Waals surface area contributed by atoms with E-state index in [1.54, 1.807) is 123 Å². The van der Waals surface area contributed by atoms with Gasteiger partial charge in [0.25, 0.3) is 0 Å². The number of nitriles is 2. The van der Waals surface area contributed by atoms with Gasteiger partial charge in [0.15, 0.2) is 23.3 Å². The zero-order valence-corrected chi connectivity index (χ0v) is 68.6. The minimum Gasteiger partial charge on any atom is -0.444 e. The van der Waals surface area contributed by atoms with Gasteiger partial charge in [-0.15, -0.1) is 0 Å². The van der Waals surface area contributed by atoms with Gasteiger partial charge in [0.1, 0.15) is 39.7 Å². The third kappa shape index (κ3) is 36.0. The Morgan fingerprint density at radius 1 is 0.518 bits per heavy atom. The van der Waals surface area contributed by atoms with E-state index in [9.17, 15) is 19.2 Å². The first-order valence-electron chi connectivity index (χ1n) is 34.6. The van der Waals surface area contributed by atoms with Gasteiger partial charge >= 0.3 is 31.6 Å². The molecule has 1 aliphatic heterocycles. The van der Waals surface area contributed by atoms with Crippen LogP contribution in [0, 0.1) is 22.7 Å². The lowest BCUT2D eigenvalue weighted by atomic mass is 9.84. The second-order valence-electron chi connectivity index (χ2n) is 28.5. The Kier molecular flexibility index (Phi) is 34.5. The summed E-state index contributed by atoms with van der Waals surface area (Å²) in [5.74, 6) is 4.65. The molecule has 30 nitrogen and oxygen atoms in total. The predicted octanol–water partition coefficient (Wildman–Crippen LogP) is 15.2. The summed E-state index contributed by atoms with van der Waals surface area (Å²) in [7, 11) is -1.04. The topological polar surface area (TPSA) is 401 Å². The molecule has 13 rings (SSSR count). The lowest BCUT2D eigenvalue weighted by Gasteiger charge is -2.20. The van der Waals surface area contributed by atoms with E-state index in [4.69, 9.17) is 56.9 Å². The van der Waals surface area contributed by atoms with Gasteiger partial charge in [-0.25, -0.2) is 62.8 Å². The van der Waals surface area contributed by atoms with Crippen molar-refractivity contribution < 1.29 is 52.9 Å². The Bertz CT molecular complexity index is 4500. The number of hydrogen-bond donors (Lipinski definition) is 5. The van der Waals surface area contributed by atoms with Crippen LogP contribution in [0.2, 0.25) is 11.0 Å². The van der Waals surface area contributed by atoms with Crippen LogP contribution in [0.3, 0.4) is 0 Å². The van der Waals surface area contributed by atoms with Crippen LogP contribution in [0.25, 0.3) is 23.3 Å². The van der Waals surface area contributed by atoms with E-state index in [1.807, 2.05) is 126 Å². The van der Waals surface area contributed by atoms with E-state index in [-0.39, 0.29) is 5.82 Å². The number of nitrogens with zero attached hydrogens (tertiary/aromatic N) is 16. The second-order valence-corrected chi connectivity index (χ2v) is 31.7. The maximum atomic E-state index is 11.6. The minimum atomic E-state index is -1.06. The van der Waals surface area contributed by atoms with Gasteiger partial charge in [0.2, 0.25) is 0 Å². The summed E-state index contributed by atoms with van der Waals surface area (Å²) < 4.78 is 34.0. The molecule has 0 atom stereocenters. The van der Waals surface area contributed by atoms with Crippen LogP contribution in [0.5, 0.6) is 0 Å². The van der Waals surface area contributed by atoms with E-state index >= 15 is 0 Å². The van der Waals surface area contributed by atoms with Crippen molar-refractivity contribution in [3.05, 3.63) is 205 Å². The van der Waals surface area contributed by atoms with Gasteiger partial charge in [-0.2, -0.15) is 30.9 Å². The summed E-state index contributed by atoms with van der Waals surface area (Å²) in [5, 5.41) is 56.1. The Hall–Kier alpha value is -10.1. The van der Waals surface area contributed by atoms with Gasteiger partial charge in [0, 0.05) is 86.1 Å². The predicted molar refractivity (Wildman–Crippen MR) is 425 cm³/mol. The van der Waals surface area contributed by atoms with Crippen LogP contribution in [-0.2, 0) is 43.3 Å². The van der Waals surface area contributed by atoms with E-state index < -0.39 is 54.0 Å². The number of carbonyl (C=O) groups excluding carboxylic acids is 4. The third-order valence-electron chi connectivity index (χ3n) is 14.0. The average molecular weight is 1720 g/mol. The van der Waals surface area contributed by atoms with E-state index in [0.717, 1.165) is 67.1 Å². The molecule has 10 heterocycles. The summed E-state index contributed by atoms with van der Waals surface area (Å²) in [4.78, 5) is 69.9. The summed E-state index contributed by atoms with van der Waals surface area (Å²) in [6, 6.07) is 22.1. The SMILES string of the molecule is BrC1=CCN=C1.CC(C)(C)OC(=O)NCc1ccc(-n2cc(Br)cn2)nc1.CC(C)(C)OC(=O)NCc1ccc(-n2cc(C3CC3)cn2)nc1.CC(C)(C)OC(=O)OC(=O)OC(C)(C)C.N#Cc1ccc(-n2cc(Br)cn2)nc1.N#Cc1ccc(Cl)nc1.NCc1ccc(-n2cc(C3CC3)cn2)nc1.OB(O)C1CC1. The van der Waals surface area contributed by atoms with E-state index in [2.05, 4.69) is 120 Å². The molecule has 2 amide bonds. The second kappa shape index (κ2) is 42.8. The highest BCUT2D eigenvalue weighted by atomic mass is 79.9. The lowest BCUT2D eigenvalue weighted by Crippen LogP contribution is -2.32. The number of halogens is 4. The molecule has 0 aromatic carbocycles. The van der Waals surface area contributed by atoms with Crippen molar-refractivity contribution in [1.29, 1.82) is 10.5 Å². The highest BCUT2D eigenvalue weighted by Crippen LogP contribution is 2.41. The van der Waals surface area contributed by atoms with Crippen LogP contribution in [0.15, 0.2) is 166 Å². The zero-order valence-electron chi connectivity index (χ0n) is 63.1. The molecule has 9 aromatic heterocycles. The zero-order chi connectivity index (χ0) is 80.8. The van der Waals surface area contributed by atoms with Gasteiger partial charge in [-0.3, -0.25) is 4.99 Å². The summed E-state index contributed by atoms with van der Waals surface area (Å²) in [5.41, 5.74) is 9.65. The Balaban J connectivity index is 0.000000203. The number of ether oxygens (including phenoxy) is 5. The van der Waals surface area contributed by atoms with Crippen molar-refractivity contribution in [3.8, 4) is 35.4 Å². The van der Waals surface area contributed by atoms with Gasteiger partial charge in [-0.05, 0) is 251 Å². The summed E-state index contributed by atoms with van der Waals surface area (Å²) in [6.07, 6.45) is 31.1. The number of rotatable bonds is 12. The van der Waals surface area contributed by atoms with Crippen molar-refractivity contribution in [2.75, 3.05) is 6.54 Å². The van der Waals surface area contributed by atoms with Crippen molar-refractivity contribution in [2.45, 2.75) is 181 Å². The molecule has 35 heteroatoms. The Morgan fingerprint density at radius 2 is 0.891 bits per heavy atom. The number of pyridine rings is 5. The molecule has 110 heavy (non-hydrogen) atoms. The molecule has 0 saturated heterocycles. The molecule has 582 valence electrons. The van der Waals surface area contributed by atoms with Gasteiger partial charge < -0.3 is 50.1 Å². The Morgan fingerprint density at radius 3 is 1.15 bits per heavy atom. The average Bonchev–Trinajstić information content (AvgIpc) is 1.68. The van der Waals surface area contributed by atoms with Gasteiger partial charge in [0.05, 0.1) is 51.4 Å². The number of nitrogens with one attached hydrogen (secondary N) is 2. The molecule has 9 aromatic rings. The molecular weight excluding hydrogens is 1630 g/mol. The van der Waals surface area contributed by atoms with Crippen LogP contribution >= 0.6 is 59.4 Å². The smallest absolute Gasteiger partial charge is 0.444 e. The molecule has 6 N–H and O–H groups in total. The molecule has 0 bridgehead atoms. The number of hydrogen-bond acceptors (Lipinski definition) is 24. The molecule has 0 unspecified atom stereocenters. The first-order valence-corrected chi connectivity index (χ1v) is 37.4. The highest BCUT2D eigenvalue weighted by molar-refractivity contribution is 9.12. The van der Waals surface area contributed by atoms with Crippen LogP contribution in [0.4, 0.5) is 19.2 Å². The number of aliphatic imine (C=N–C) groups is 1. The maximum absolute atomic E-state index is 11.6. The minimum absolute atomic E-state index is 0.213. The molecular formula is C75H90BBr3ClN19O11. The Labute approximate surface area is 669 Å². The standard InChI is InChI=1S/C17H22N4O2.C14H17BrN4O2.C12H14N4.C10H18O5.C9H5BrN4.C6H3ClN2.C4H4BrN.C3H7BO2/c1-17(2,3)23-16(22)19-9-12-4-7-15(18-8-12)21-11-14(10-20-21)13-5-6-13;1-14(2,3)21-13(20)17-7-10-4-5-12(16-6-10)19-9-11(15)8-18-19;13-5-9-1-4-12(14-6-9)16-8-11(7-15-16)10-2-3-10;1-9(2,3)14-7(11)13-8(12)15-10(4,5)6;10-8-5-13-14(6-8)9-2-1-7(3-11)4-12-9;7-6-2-1-5(3-8)4-9-6;5-4-1-2-6-3-4;5-4(6)3-1-2-3/h4,7-8,10-11,13H,5-6,9H2,1-3H3,(H,19,22);4-6,8-9H,7H2,1-3H3,(H,17,20);1,4,6-8,10H,2-3,5,13H2;1-6H3;1-2,4-6H;1-2,4H;1,3H,2H2;3,5-6H,1-2H2. The third-order valence-corrected chi connectivity index (χ3v) is 15.6. The summed E-state index contributed by atoms with van der Waals surface area (Å²) >= 11 is 15.3. The van der Waals surface area contributed by atoms with Crippen LogP contribution in [-0.4, -0.2) is 141 Å². The fourth-order valence-corrected chi connectivity index (χ4v) is 9.33. The van der Waals surface area contributed by atoms with Crippen LogP contribution in [0.1, 0.15) is 172 Å². The number of carbonyl (C=O) groups is 4. The molecule has 3 saturated carbocycles. The van der Waals surface area contributed by atoms with Gasteiger partial charge in [-0.1, -0.05) is 42.6 Å². The van der Waals surface area contributed by atoms with Crippen molar-refractivity contribution in [1.82, 2.24) is 74.7 Å². The molecule has 3 fully saturated rings. The number of allylic oxidation sites excluding steroid dienone is 1. The first-order chi connectivity index (χ1) is 51.9. The fraction of sp³-hybridized carbons (Fsp3) is 0.387.